The van der Waals surface area contributed by atoms with Gasteiger partial charge < -0.3 is 9.67 Å². The lowest BCUT2D eigenvalue weighted by Gasteiger charge is -2.05. The second-order valence-electron chi connectivity index (χ2n) is 4.07. The van der Waals surface area contributed by atoms with E-state index in [1.54, 1.807) is 29.9 Å². The summed E-state index contributed by atoms with van der Waals surface area (Å²) in [6.45, 7) is -0.0921. The van der Waals surface area contributed by atoms with Crippen LogP contribution in [0.3, 0.4) is 0 Å². The second kappa shape index (κ2) is 6.25. The van der Waals surface area contributed by atoms with Crippen molar-refractivity contribution in [2.75, 3.05) is 0 Å². The van der Waals surface area contributed by atoms with Crippen molar-refractivity contribution in [1.29, 1.82) is 0 Å². The number of nitrogens with zero attached hydrogens (tertiary/aromatic N) is 3. The highest BCUT2D eigenvalue weighted by atomic mass is 35.5. The van der Waals surface area contributed by atoms with Gasteiger partial charge in [-0.2, -0.15) is 0 Å². The van der Waals surface area contributed by atoms with Gasteiger partial charge in [0.25, 0.3) is 5.69 Å². The monoisotopic (exact) mass is 313 g/mol. The SMILES string of the molecule is Cn1c(CO)cnc1SCc1ccc(Cl)cc1[N+](=O)[O-]. The first-order valence-electron chi connectivity index (χ1n) is 5.70. The van der Waals surface area contributed by atoms with Crippen LogP contribution in [0.5, 0.6) is 0 Å². The zero-order valence-electron chi connectivity index (χ0n) is 10.6. The molecule has 0 fully saturated rings. The number of nitro groups is 1. The van der Waals surface area contributed by atoms with E-state index in [0.29, 0.717) is 27.2 Å². The Hall–Kier alpha value is -1.57. The number of thioether (sulfide) groups is 1. The maximum atomic E-state index is 11.0. The minimum atomic E-state index is -0.445. The molecule has 20 heavy (non-hydrogen) atoms. The first-order chi connectivity index (χ1) is 9.52. The largest absolute Gasteiger partial charge is 0.390 e. The highest BCUT2D eigenvalue weighted by Gasteiger charge is 2.15. The zero-order valence-corrected chi connectivity index (χ0v) is 12.2. The number of halogens is 1. The van der Waals surface area contributed by atoms with E-state index >= 15 is 0 Å². The molecular formula is C12H12ClN3O3S. The van der Waals surface area contributed by atoms with Gasteiger partial charge in [0.2, 0.25) is 0 Å². The van der Waals surface area contributed by atoms with Crippen molar-refractivity contribution in [3.8, 4) is 0 Å². The number of hydrogen-bond acceptors (Lipinski definition) is 5. The summed E-state index contributed by atoms with van der Waals surface area (Å²) in [5.74, 6) is 0.406. The lowest BCUT2D eigenvalue weighted by Crippen LogP contribution is -1.98. The van der Waals surface area contributed by atoms with Crippen molar-refractivity contribution in [2.24, 2.45) is 7.05 Å². The van der Waals surface area contributed by atoms with Gasteiger partial charge in [0.05, 0.1) is 23.4 Å². The molecule has 2 aromatic rings. The molecule has 0 saturated heterocycles. The van der Waals surface area contributed by atoms with Crippen LogP contribution in [0, 0.1) is 10.1 Å². The first kappa shape index (κ1) is 14.8. The van der Waals surface area contributed by atoms with E-state index in [1.165, 1.54) is 17.8 Å². The summed E-state index contributed by atoms with van der Waals surface area (Å²) in [4.78, 5) is 14.7. The summed E-state index contributed by atoms with van der Waals surface area (Å²) in [5, 5.41) is 21.1. The van der Waals surface area contributed by atoms with E-state index in [4.69, 9.17) is 16.7 Å². The van der Waals surface area contributed by atoms with Crippen molar-refractivity contribution in [1.82, 2.24) is 9.55 Å². The number of aromatic nitrogens is 2. The molecule has 0 amide bonds. The number of aliphatic hydroxyl groups excluding tert-OH is 1. The fraction of sp³-hybridized carbons (Fsp3) is 0.250. The van der Waals surface area contributed by atoms with E-state index in [9.17, 15) is 10.1 Å². The van der Waals surface area contributed by atoms with Gasteiger partial charge in [-0.1, -0.05) is 23.4 Å². The van der Waals surface area contributed by atoms with Gasteiger partial charge in [0.15, 0.2) is 5.16 Å². The molecule has 0 bridgehead atoms. The quantitative estimate of drug-likeness (QED) is 0.521. The molecule has 0 spiro atoms. The fourth-order valence-corrected chi connectivity index (χ4v) is 2.81. The average Bonchev–Trinajstić information content (AvgIpc) is 2.77. The lowest BCUT2D eigenvalue weighted by molar-refractivity contribution is -0.385. The minimum absolute atomic E-state index is 0.00147. The summed E-state index contributed by atoms with van der Waals surface area (Å²) in [6.07, 6.45) is 1.58. The minimum Gasteiger partial charge on any atom is -0.390 e. The first-order valence-corrected chi connectivity index (χ1v) is 7.06. The van der Waals surface area contributed by atoms with Crippen LogP contribution in [0.1, 0.15) is 11.3 Å². The molecule has 106 valence electrons. The summed E-state index contributed by atoms with van der Waals surface area (Å²) in [7, 11) is 1.79. The highest BCUT2D eigenvalue weighted by Crippen LogP contribution is 2.29. The van der Waals surface area contributed by atoms with E-state index in [-0.39, 0.29) is 12.3 Å². The number of nitro benzene ring substituents is 1. The number of imidazole rings is 1. The van der Waals surface area contributed by atoms with E-state index in [0.717, 1.165) is 0 Å². The van der Waals surface area contributed by atoms with Crippen molar-refractivity contribution < 1.29 is 10.0 Å². The van der Waals surface area contributed by atoms with Crippen LogP contribution in [0.25, 0.3) is 0 Å². The second-order valence-corrected chi connectivity index (χ2v) is 5.45. The third-order valence-corrected chi connectivity index (χ3v) is 4.13. The molecule has 2 rings (SSSR count). The molecule has 6 nitrogen and oxygen atoms in total. The van der Waals surface area contributed by atoms with Gasteiger partial charge in [-0.3, -0.25) is 10.1 Å². The number of rotatable bonds is 5. The van der Waals surface area contributed by atoms with Crippen LogP contribution in [0.2, 0.25) is 5.02 Å². The number of hydrogen-bond donors (Lipinski definition) is 1. The lowest BCUT2D eigenvalue weighted by atomic mass is 10.2. The molecule has 1 heterocycles. The standard InChI is InChI=1S/C12H12ClN3O3S/c1-15-10(6-17)5-14-12(15)20-7-8-2-3-9(13)4-11(8)16(18)19/h2-5,17H,6-7H2,1H3. The van der Waals surface area contributed by atoms with E-state index in [2.05, 4.69) is 4.98 Å². The predicted molar refractivity (Wildman–Crippen MR) is 76.8 cm³/mol. The molecule has 0 atom stereocenters. The molecule has 0 aliphatic heterocycles. The summed E-state index contributed by atoms with van der Waals surface area (Å²) in [5.41, 5.74) is 1.28. The van der Waals surface area contributed by atoms with Crippen LogP contribution in [-0.4, -0.2) is 19.6 Å². The predicted octanol–water partition coefficient (Wildman–Crippen LogP) is 2.77. The van der Waals surface area contributed by atoms with Crippen molar-refractivity contribution in [2.45, 2.75) is 17.5 Å². The third-order valence-electron chi connectivity index (χ3n) is 2.80. The summed E-state index contributed by atoms with van der Waals surface area (Å²) < 4.78 is 1.76. The van der Waals surface area contributed by atoms with E-state index < -0.39 is 4.92 Å². The van der Waals surface area contributed by atoms with Crippen LogP contribution in [0.4, 0.5) is 5.69 Å². The highest BCUT2D eigenvalue weighted by molar-refractivity contribution is 7.98. The Morgan fingerprint density at radius 3 is 2.90 bits per heavy atom. The van der Waals surface area contributed by atoms with Crippen LogP contribution in [0.15, 0.2) is 29.6 Å². The maximum Gasteiger partial charge on any atom is 0.274 e. The molecule has 1 aromatic carbocycles. The third kappa shape index (κ3) is 3.12. The van der Waals surface area contributed by atoms with Gasteiger partial charge >= 0.3 is 0 Å². The Bertz CT molecular complexity index is 645. The normalized spacial score (nSPS) is 10.8. The van der Waals surface area contributed by atoms with Crippen LogP contribution >= 0.6 is 23.4 Å². The van der Waals surface area contributed by atoms with E-state index in [1.807, 2.05) is 0 Å². The van der Waals surface area contributed by atoms with Gasteiger partial charge in [-0.25, -0.2) is 4.98 Å². The van der Waals surface area contributed by atoms with Crippen molar-refractivity contribution in [3.05, 3.63) is 50.8 Å². The molecule has 0 unspecified atom stereocenters. The summed E-state index contributed by atoms with van der Waals surface area (Å²) >= 11 is 7.14. The zero-order chi connectivity index (χ0) is 14.7. The topological polar surface area (TPSA) is 81.2 Å². The average molecular weight is 314 g/mol. The van der Waals surface area contributed by atoms with Gasteiger partial charge in [0, 0.05) is 29.5 Å². The Morgan fingerprint density at radius 1 is 1.55 bits per heavy atom. The molecule has 1 aromatic heterocycles. The van der Waals surface area contributed by atoms with Gasteiger partial charge in [0.1, 0.15) is 0 Å². The molecule has 1 N–H and O–H groups in total. The van der Waals surface area contributed by atoms with Gasteiger partial charge in [-0.15, -0.1) is 0 Å². The van der Waals surface area contributed by atoms with Crippen LogP contribution < -0.4 is 0 Å². The van der Waals surface area contributed by atoms with Crippen LogP contribution in [-0.2, 0) is 19.4 Å². The molecule has 0 saturated carbocycles. The Kier molecular flexibility index (Phi) is 4.64. The molecule has 8 heteroatoms. The molecule has 0 radical (unpaired) electrons. The number of aliphatic hydroxyl groups is 1. The smallest absolute Gasteiger partial charge is 0.274 e. The maximum absolute atomic E-state index is 11.0. The fourth-order valence-electron chi connectivity index (χ4n) is 1.68. The van der Waals surface area contributed by atoms with Crippen molar-refractivity contribution in [3.63, 3.8) is 0 Å². The molecule has 0 aliphatic carbocycles. The molecule has 0 aliphatic rings. The Balaban J connectivity index is 2.18. The Morgan fingerprint density at radius 2 is 2.30 bits per heavy atom. The summed E-state index contributed by atoms with van der Waals surface area (Å²) in [6, 6.07) is 4.61. The number of benzene rings is 1. The van der Waals surface area contributed by atoms with Crippen molar-refractivity contribution >= 4 is 29.1 Å². The van der Waals surface area contributed by atoms with Gasteiger partial charge in [-0.05, 0) is 12.1 Å². The molecular weight excluding hydrogens is 302 g/mol. The Labute approximate surface area is 124 Å².